The van der Waals surface area contributed by atoms with Crippen LogP contribution in [0.4, 0.5) is 10.1 Å². The van der Waals surface area contributed by atoms with E-state index >= 15 is 0 Å². The van der Waals surface area contributed by atoms with E-state index in [4.69, 9.17) is 0 Å². The zero-order chi connectivity index (χ0) is 11.5. The molecule has 1 heterocycles. The summed E-state index contributed by atoms with van der Waals surface area (Å²) in [5.41, 5.74) is 1.96. The first-order valence-electron chi connectivity index (χ1n) is 5.86. The minimum atomic E-state index is -0.136. The molecule has 0 aliphatic carbocycles. The molecular formula is C13H19FN2. The highest BCUT2D eigenvalue weighted by Crippen LogP contribution is 2.29. The van der Waals surface area contributed by atoms with Crippen molar-refractivity contribution in [1.29, 1.82) is 0 Å². The maximum atomic E-state index is 13.5. The van der Waals surface area contributed by atoms with Crippen molar-refractivity contribution in [1.82, 2.24) is 5.32 Å². The van der Waals surface area contributed by atoms with Gasteiger partial charge in [-0.3, -0.25) is 0 Å². The van der Waals surface area contributed by atoms with Crippen molar-refractivity contribution in [3.8, 4) is 0 Å². The first-order chi connectivity index (χ1) is 7.68. The van der Waals surface area contributed by atoms with Gasteiger partial charge in [-0.2, -0.15) is 0 Å². The lowest BCUT2D eigenvalue weighted by Crippen LogP contribution is -2.26. The van der Waals surface area contributed by atoms with Gasteiger partial charge in [-0.05, 0) is 49.5 Å². The molecule has 3 heteroatoms. The number of hydrogen-bond donors (Lipinski definition) is 1. The number of benzene rings is 1. The SMILES string of the molecule is CN(C)c1cc(C2CCNCC2)ccc1F. The molecule has 0 bridgehead atoms. The van der Waals surface area contributed by atoms with E-state index in [0.29, 0.717) is 11.6 Å². The molecule has 2 nitrogen and oxygen atoms in total. The number of halogens is 1. The van der Waals surface area contributed by atoms with Crippen LogP contribution in [0.1, 0.15) is 24.3 Å². The van der Waals surface area contributed by atoms with E-state index in [1.54, 1.807) is 6.07 Å². The summed E-state index contributed by atoms with van der Waals surface area (Å²) in [5, 5.41) is 3.35. The maximum Gasteiger partial charge on any atom is 0.146 e. The molecule has 0 unspecified atom stereocenters. The Balaban J connectivity index is 2.24. The summed E-state index contributed by atoms with van der Waals surface area (Å²) in [5.74, 6) is 0.447. The predicted octanol–water partition coefficient (Wildman–Crippen LogP) is 2.36. The second-order valence-corrected chi connectivity index (χ2v) is 4.63. The number of anilines is 1. The number of hydrogen-bond acceptors (Lipinski definition) is 2. The Morgan fingerprint density at radius 3 is 2.56 bits per heavy atom. The van der Waals surface area contributed by atoms with E-state index in [1.165, 1.54) is 5.56 Å². The van der Waals surface area contributed by atoms with Gasteiger partial charge in [0.25, 0.3) is 0 Å². The van der Waals surface area contributed by atoms with Crippen LogP contribution in [0.2, 0.25) is 0 Å². The summed E-state index contributed by atoms with van der Waals surface area (Å²) in [6, 6.07) is 5.51. The quantitative estimate of drug-likeness (QED) is 0.826. The molecule has 1 saturated heterocycles. The molecule has 0 amide bonds. The van der Waals surface area contributed by atoms with Gasteiger partial charge in [0.15, 0.2) is 0 Å². The van der Waals surface area contributed by atoms with Crippen LogP contribution in [0.3, 0.4) is 0 Å². The zero-order valence-corrected chi connectivity index (χ0v) is 9.96. The average Bonchev–Trinajstić information content (AvgIpc) is 2.30. The van der Waals surface area contributed by atoms with Gasteiger partial charge in [0.1, 0.15) is 5.82 Å². The summed E-state index contributed by atoms with van der Waals surface area (Å²) in [4.78, 5) is 1.83. The average molecular weight is 222 g/mol. The van der Waals surface area contributed by atoms with Crippen LogP contribution >= 0.6 is 0 Å². The fraction of sp³-hybridized carbons (Fsp3) is 0.538. The summed E-state index contributed by atoms with van der Waals surface area (Å²) in [6.07, 6.45) is 2.30. The van der Waals surface area contributed by atoms with Crippen LogP contribution in [-0.4, -0.2) is 27.2 Å². The molecule has 1 aliphatic heterocycles. The molecule has 0 spiro atoms. The first-order valence-corrected chi connectivity index (χ1v) is 5.86. The highest BCUT2D eigenvalue weighted by molar-refractivity contribution is 5.49. The van der Waals surface area contributed by atoms with Gasteiger partial charge in [0, 0.05) is 14.1 Å². The normalized spacial score (nSPS) is 17.4. The largest absolute Gasteiger partial charge is 0.375 e. The maximum absolute atomic E-state index is 13.5. The molecule has 0 aromatic heterocycles. The molecule has 2 rings (SSSR count). The summed E-state index contributed by atoms with van der Waals surface area (Å²) < 4.78 is 13.5. The highest BCUT2D eigenvalue weighted by atomic mass is 19.1. The Kier molecular flexibility index (Phi) is 3.44. The van der Waals surface area contributed by atoms with Crippen molar-refractivity contribution in [2.24, 2.45) is 0 Å². The molecule has 1 aromatic rings. The third-order valence-corrected chi connectivity index (χ3v) is 3.26. The molecule has 0 saturated carbocycles. The smallest absolute Gasteiger partial charge is 0.146 e. The Morgan fingerprint density at radius 1 is 1.25 bits per heavy atom. The Morgan fingerprint density at radius 2 is 1.94 bits per heavy atom. The Bertz CT molecular complexity index is 357. The predicted molar refractivity (Wildman–Crippen MR) is 65.6 cm³/mol. The van der Waals surface area contributed by atoms with Crippen molar-refractivity contribution in [2.45, 2.75) is 18.8 Å². The molecule has 0 radical (unpaired) electrons. The van der Waals surface area contributed by atoms with Gasteiger partial charge >= 0.3 is 0 Å². The molecular weight excluding hydrogens is 203 g/mol. The van der Waals surface area contributed by atoms with Gasteiger partial charge in [-0.25, -0.2) is 4.39 Å². The molecule has 1 aliphatic rings. The van der Waals surface area contributed by atoms with E-state index in [1.807, 2.05) is 31.1 Å². The van der Waals surface area contributed by atoms with E-state index < -0.39 is 0 Å². The van der Waals surface area contributed by atoms with E-state index in [9.17, 15) is 4.39 Å². The van der Waals surface area contributed by atoms with Crippen molar-refractivity contribution >= 4 is 5.69 Å². The molecule has 1 N–H and O–H groups in total. The lowest BCUT2D eigenvalue weighted by atomic mass is 9.90. The number of piperidine rings is 1. The second-order valence-electron chi connectivity index (χ2n) is 4.63. The fourth-order valence-corrected chi connectivity index (χ4v) is 2.28. The van der Waals surface area contributed by atoms with Gasteiger partial charge < -0.3 is 10.2 Å². The molecule has 0 atom stereocenters. The van der Waals surface area contributed by atoms with E-state index in [-0.39, 0.29) is 5.82 Å². The molecule has 1 aromatic carbocycles. The lowest BCUT2D eigenvalue weighted by Gasteiger charge is -2.24. The van der Waals surface area contributed by atoms with Gasteiger partial charge in [0.2, 0.25) is 0 Å². The Labute approximate surface area is 96.5 Å². The standard InChI is InChI=1S/C13H19FN2/c1-16(2)13-9-11(3-4-12(13)14)10-5-7-15-8-6-10/h3-4,9-10,15H,5-8H2,1-2H3. The number of nitrogens with zero attached hydrogens (tertiary/aromatic N) is 1. The van der Waals surface area contributed by atoms with Crippen LogP contribution in [0, 0.1) is 5.82 Å². The van der Waals surface area contributed by atoms with Crippen molar-refractivity contribution in [3.63, 3.8) is 0 Å². The zero-order valence-electron chi connectivity index (χ0n) is 9.96. The summed E-state index contributed by atoms with van der Waals surface area (Å²) >= 11 is 0. The molecule has 16 heavy (non-hydrogen) atoms. The van der Waals surface area contributed by atoms with E-state index in [2.05, 4.69) is 5.32 Å². The molecule has 88 valence electrons. The molecule has 1 fully saturated rings. The Hall–Kier alpha value is -1.09. The van der Waals surface area contributed by atoms with Crippen LogP contribution in [0.5, 0.6) is 0 Å². The van der Waals surface area contributed by atoms with Gasteiger partial charge in [-0.1, -0.05) is 6.07 Å². The topological polar surface area (TPSA) is 15.3 Å². The number of rotatable bonds is 2. The van der Waals surface area contributed by atoms with Crippen molar-refractivity contribution in [3.05, 3.63) is 29.6 Å². The fourth-order valence-electron chi connectivity index (χ4n) is 2.28. The van der Waals surface area contributed by atoms with Crippen LogP contribution in [-0.2, 0) is 0 Å². The van der Waals surface area contributed by atoms with Crippen LogP contribution in [0.25, 0.3) is 0 Å². The van der Waals surface area contributed by atoms with Crippen molar-refractivity contribution < 1.29 is 4.39 Å². The summed E-state index contributed by atoms with van der Waals surface area (Å²) in [6.45, 7) is 2.14. The van der Waals surface area contributed by atoms with Gasteiger partial charge in [-0.15, -0.1) is 0 Å². The first kappa shape index (κ1) is 11.4. The third-order valence-electron chi connectivity index (χ3n) is 3.26. The second kappa shape index (κ2) is 4.83. The van der Waals surface area contributed by atoms with Gasteiger partial charge in [0.05, 0.1) is 5.69 Å². The minimum absolute atomic E-state index is 0.136. The third kappa shape index (κ3) is 2.35. The van der Waals surface area contributed by atoms with Crippen molar-refractivity contribution in [2.75, 3.05) is 32.1 Å². The number of nitrogens with one attached hydrogen (secondary N) is 1. The summed E-state index contributed by atoms with van der Waals surface area (Å²) in [7, 11) is 3.76. The minimum Gasteiger partial charge on any atom is -0.375 e. The van der Waals surface area contributed by atoms with Crippen LogP contribution in [0.15, 0.2) is 18.2 Å². The lowest BCUT2D eigenvalue weighted by molar-refractivity contribution is 0.460. The monoisotopic (exact) mass is 222 g/mol. The highest BCUT2D eigenvalue weighted by Gasteiger charge is 2.16. The van der Waals surface area contributed by atoms with E-state index in [0.717, 1.165) is 25.9 Å². The van der Waals surface area contributed by atoms with Crippen LogP contribution < -0.4 is 10.2 Å².